The van der Waals surface area contributed by atoms with Crippen LogP contribution in [0.4, 0.5) is 0 Å². The van der Waals surface area contributed by atoms with E-state index in [0.29, 0.717) is 24.2 Å². The fourth-order valence-electron chi connectivity index (χ4n) is 3.55. The van der Waals surface area contributed by atoms with Crippen LogP contribution >= 0.6 is 0 Å². The summed E-state index contributed by atoms with van der Waals surface area (Å²) in [7, 11) is 1.60. The smallest absolute Gasteiger partial charge is 0.314 e. The van der Waals surface area contributed by atoms with Crippen molar-refractivity contribution in [3.8, 4) is 5.75 Å². The van der Waals surface area contributed by atoms with Crippen molar-refractivity contribution >= 4 is 16.9 Å². The van der Waals surface area contributed by atoms with Gasteiger partial charge in [-0.2, -0.15) is 0 Å². The van der Waals surface area contributed by atoms with Crippen LogP contribution in [0.25, 0.3) is 11.0 Å². The molecule has 1 aliphatic rings. The summed E-state index contributed by atoms with van der Waals surface area (Å²) in [6, 6.07) is 5.64. The van der Waals surface area contributed by atoms with Crippen LogP contribution in [-0.4, -0.2) is 18.2 Å². The SMILES string of the molecule is COc1ccc(C2(C(=O)O)CCCCC2)c2cc(C)oc12. The second-order valence-electron chi connectivity index (χ2n) is 5.86. The summed E-state index contributed by atoms with van der Waals surface area (Å²) in [5.74, 6) is 0.692. The zero-order chi connectivity index (χ0) is 15.0. The highest BCUT2D eigenvalue weighted by Gasteiger charge is 2.42. The van der Waals surface area contributed by atoms with Gasteiger partial charge >= 0.3 is 5.97 Å². The number of furan rings is 1. The molecular weight excluding hydrogens is 268 g/mol. The summed E-state index contributed by atoms with van der Waals surface area (Å²) in [6.07, 6.45) is 4.40. The van der Waals surface area contributed by atoms with Crippen molar-refractivity contribution in [3.63, 3.8) is 0 Å². The maximum Gasteiger partial charge on any atom is 0.314 e. The van der Waals surface area contributed by atoms with Crippen LogP contribution in [0, 0.1) is 6.92 Å². The fraction of sp³-hybridized carbons (Fsp3) is 0.471. The largest absolute Gasteiger partial charge is 0.493 e. The minimum absolute atomic E-state index is 0.651. The van der Waals surface area contributed by atoms with Gasteiger partial charge in [0.25, 0.3) is 0 Å². The molecule has 21 heavy (non-hydrogen) atoms. The Morgan fingerprint density at radius 2 is 2.00 bits per heavy atom. The van der Waals surface area contributed by atoms with E-state index in [-0.39, 0.29) is 0 Å². The van der Waals surface area contributed by atoms with E-state index < -0.39 is 11.4 Å². The fourth-order valence-corrected chi connectivity index (χ4v) is 3.55. The number of aryl methyl sites for hydroxylation is 1. The number of methoxy groups -OCH3 is 1. The minimum Gasteiger partial charge on any atom is -0.493 e. The van der Waals surface area contributed by atoms with Crippen molar-refractivity contribution in [3.05, 3.63) is 29.5 Å². The molecule has 1 saturated carbocycles. The summed E-state index contributed by atoms with van der Waals surface area (Å²) in [5.41, 5.74) is 0.722. The molecule has 0 amide bonds. The van der Waals surface area contributed by atoms with Crippen LogP contribution in [0.5, 0.6) is 5.75 Å². The highest BCUT2D eigenvalue weighted by molar-refractivity contribution is 5.94. The average Bonchev–Trinajstić information content (AvgIpc) is 2.88. The van der Waals surface area contributed by atoms with Gasteiger partial charge in [-0.15, -0.1) is 0 Å². The number of carboxylic acids is 1. The summed E-state index contributed by atoms with van der Waals surface area (Å²) in [6.45, 7) is 1.87. The molecule has 0 bridgehead atoms. The van der Waals surface area contributed by atoms with E-state index in [0.717, 1.165) is 36.0 Å². The number of benzene rings is 1. The van der Waals surface area contributed by atoms with Crippen LogP contribution in [-0.2, 0) is 10.2 Å². The Bertz CT molecular complexity index is 677. The summed E-state index contributed by atoms with van der Waals surface area (Å²) in [4.78, 5) is 12.0. The van der Waals surface area contributed by atoms with Gasteiger partial charge in [0.1, 0.15) is 5.76 Å². The van der Waals surface area contributed by atoms with Crippen LogP contribution < -0.4 is 4.74 Å². The first kappa shape index (κ1) is 14.0. The molecule has 2 aromatic rings. The molecule has 1 heterocycles. The molecule has 0 radical (unpaired) electrons. The topological polar surface area (TPSA) is 59.7 Å². The van der Waals surface area contributed by atoms with E-state index in [1.807, 2.05) is 25.1 Å². The van der Waals surface area contributed by atoms with Crippen molar-refractivity contribution in [2.75, 3.05) is 7.11 Å². The Labute approximate surface area is 123 Å². The predicted molar refractivity (Wildman–Crippen MR) is 79.9 cm³/mol. The average molecular weight is 288 g/mol. The van der Waals surface area contributed by atoms with Crippen LogP contribution in [0.15, 0.2) is 22.6 Å². The molecule has 0 aliphatic heterocycles. The van der Waals surface area contributed by atoms with E-state index in [1.165, 1.54) is 0 Å². The number of rotatable bonds is 3. The number of carboxylic acid groups (broad SMARTS) is 1. The molecule has 0 unspecified atom stereocenters. The number of hydrogen-bond acceptors (Lipinski definition) is 3. The first-order valence-corrected chi connectivity index (χ1v) is 7.39. The number of hydrogen-bond donors (Lipinski definition) is 1. The third-order valence-electron chi connectivity index (χ3n) is 4.62. The van der Waals surface area contributed by atoms with Crippen molar-refractivity contribution < 1.29 is 19.1 Å². The van der Waals surface area contributed by atoms with Crippen molar-refractivity contribution in [1.29, 1.82) is 0 Å². The van der Waals surface area contributed by atoms with Gasteiger partial charge in [0.05, 0.1) is 12.5 Å². The minimum atomic E-state index is -0.793. The monoisotopic (exact) mass is 288 g/mol. The van der Waals surface area contributed by atoms with Gasteiger partial charge < -0.3 is 14.3 Å². The zero-order valence-electron chi connectivity index (χ0n) is 12.4. The molecule has 0 atom stereocenters. The van der Waals surface area contributed by atoms with Crippen LogP contribution in [0.2, 0.25) is 0 Å². The molecule has 0 spiro atoms. The highest BCUT2D eigenvalue weighted by Crippen LogP contribution is 2.44. The van der Waals surface area contributed by atoms with Gasteiger partial charge in [0, 0.05) is 5.39 Å². The zero-order valence-corrected chi connectivity index (χ0v) is 12.4. The van der Waals surface area contributed by atoms with Crippen LogP contribution in [0.3, 0.4) is 0 Å². The summed E-state index contributed by atoms with van der Waals surface area (Å²) >= 11 is 0. The molecule has 1 fully saturated rings. The number of aliphatic carboxylic acids is 1. The van der Waals surface area contributed by atoms with Gasteiger partial charge in [-0.3, -0.25) is 4.79 Å². The highest BCUT2D eigenvalue weighted by atomic mass is 16.5. The van der Waals surface area contributed by atoms with Crippen molar-refractivity contribution in [2.24, 2.45) is 0 Å². The lowest BCUT2D eigenvalue weighted by atomic mass is 9.68. The first-order chi connectivity index (χ1) is 10.1. The Morgan fingerprint density at radius 1 is 1.29 bits per heavy atom. The van der Waals surface area contributed by atoms with Crippen LogP contribution in [0.1, 0.15) is 43.4 Å². The Hall–Kier alpha value is -1.97. The Kier molecular flexibility index (Phi) is 3.40. The van der Waals surface area contributed by atoms with Gasteiger partial charge in [-0.25, -0.2) is 0 Å². The normalized spacial score (nSPS) is 17.8. The maximum atomic E-state index is 12.0. The molecule has 0 saturated heterocycles. The lowest BCUT2D eigenvalue weighted by Crippen LogP contribution is -2.37. The molecule has 1 aliphatic carbocycles. The van der Waals surface area contributed by atoms with Gasteiger partial charge in [0.2, 0.25) is 0 Å². The third-order valence-corrected chi connectivity index (χ3v) is 4.62. The van der Waals surface area contributed by atoms with E-state index in [1.54, 1.807) is 7.11 Å². The number of carbonyl (C=O) groups is 1. The summed E-state index contributed by atoms with van der Waals surface area (Å²) < 4.78 is 11.1. The first-order valence-electron chi connectivity index (χ1n) is 7.39. The molecule has 3 rings (SSSR count). The van der Waals surface area contributed by atoms with Gasteiger partial charge in [0.15, 0.2) is 11.3 Å². The Morgan fingerprint density at radius 3 is 2.62 bits per heavy atom. The number of ether oxygens (including phenoxy) is 1. The van der Waals surface area contributed by atoms with Gasteiger partial charge in [-0.05, 0) is 37.5 Å². The molecule has 4 nitrogen and oxygen atoms in total. The van der Waals surface area contributed by atoms with Crippen molar-refractivity contribution in [2.45, 2.75) is 44.4 Å². The quantitative estimate of drug-likeness (QED) is 0.926. The molecular formula is C17H20O4. The molecule has 1 aromatic heterocycles. The second kappa shape index (κ2) is 5.10. The molecule has 112 valence electrons. The van der Waals surface area contributed by atoms with E-state index >= 15 is 0 Å². The van der Waals surface area contributed by atoms with Crippen molar-refractivity contribution in [1.82, 2.24) is 0 Å². The van der Waals surface area contributed by atoms with E-state index in [4.69, 9.17) is 9.15 Å². The lowest BCUT2D eigenvalue weighted by molar-refractivity contribution is -0.145. The Balaban J connectivity index is 2.25. The second-order valence-corrected chi connectivity index (χ2v) is 5.86. The lowest BCUT2D eigenvalue weighted by Gasteiger charge is -2.34. The predicted octanol–water partition coefficient (Wildman–Crippen LogP) is 4.04. The maximum absolute atomic E-state index is 12.0. The standard InChI is InChI=1S/C17H20O4/c1-11-10-12-13(6-7-14(20-2)15(12)21-11)17(16(18)19)8-4-3-5-9-17/h6-7,10H,3-5,8-9H2,1-2H3,(H,18,19). The van der Waals surface area contributed by atoms with Gasteiger partial charge in [-0.1, -0.05) is 25.3 Å². The molecule has 1 N–H and O–H groups in total. The summed E-state index contributed by atoms with van der Waals surface area (Å²) in [5, 5.41) is 10.7. The van der Waals surface area contributed by atoms with E-state index in [2.05, 4.69) is 0 Å². The third kappa shape index (κ3) is 2.09. The number of fused-ring (bicyclic) bond motifs is 1. The van der Waals surface area contributed by atoms with E-state index in [9.17, 15) is 9.90 Å². The molecule has 4 heteroatoms. The molecule has 1 aromatic carbocycles.